The highest BCUT2D eigenvalue weighted by molar-refractivity contribution is 5.98. The maximum atomic E-state index is 12.4. The van der Waals surface area contributed by atoms with Crippen molar-refractivity contribution in [1.29, 1.82) is 0 Å². The summed E-state index contributed by atoms with van der Waals surface area (Å²) in [5, 5.41) is 13.9. The predicted octanol–water partition coefficient (Wildman–Crippen LogP) is 3.38. The number of para-hydroxylation sites is 1. The molecule has 0 fully saturated rings. The van der Waals surface area contributed by atoms with Crippen LogP contribution < -0.4 is 5.32 Å². The van der Waals surface area contributed by atoms with Crippen molar-refractivity contribution < 1.29 is 33.2 Å². The number of fused-ring (bicyclic) bond motifs is 1. The van der Waals surface area contributed by atoms with Gasteiger partial charge in [-0.05, 0) is 26.0 Å². The lowest BCUT2D eigenvalue weighted by Gasteiger charge is -2.13. The second-order valence-corrected chi connectivity index (χ2v) is 6.74. The van der Waals surface area contributed by atoms with Crippen molar-refractivity contribution in [3.05, 3.63) is 75.5 Å². The van der Waals surface area contributed by atoms with E-state index in [0.717, 1.165) is 6.07 Å². The third kappa shape index (κ3) is 4.91. The molecule has 0 aliphatic rings. The molecule has 32 heavy (non-hydrogen) atoms. The van der Waals surface area contributed by atoms with E-state index in [0.29, 0.717) is 16.5 Å². The molecule has 1 amide bonds. The van der Waals surface area contributed by atoms with Crippen LogP contribution in [0.2, 0.25) is 0 Å². The summed E-state index contributed by atoms with van der Waals surface area (Å²) in [4.78, 5) is 47.3. The summed E-state index contributed by atoms with van der Waals surface area (Å²) in [6.07, 6.45) is 0. The quantitative estimate of drug-likeness (QED) is 0.320. The Balaban J connectivity index is 1.70. The molecule has 0 aliphatic carbocycles. The molecule has 1 aromatic heterocycles. The first kappa shape index (κ1) is 22.5. The summed E-state index contributed by atoms with van der Waals surface area (Å²) < 4.78 is 15.9. The number of nitro groups is 1. The summed E-state index contributed by atoms with van der Waals surface area (Å²) in [5.74, 6) is -2.17. The molecule has 3 rings (SSSR count). The standard InChI is InChI=1S/C22H20N2O8/c1-3-30-22(27)19-17(16-9-4-5-10-18(16)32-19)12-31-21(26)13(2)23-20(25)14-7-6-8-15(11-14)24(28)29/h4-11,13H,3,12H2,1-2H3,(H,23,25)/t13-/m0/s1. The number of nitro benzene ring substituents is 1. The first-order valence-electron chi connectivity index (χ1n) is 9.71. The van der Waals surface area contributed by atoms with Gasteiger partial charge in [0.2, 0.25) is 5.76 Å². The molecule has 0 saturated carbocycles. The average Bonchev–Trinajstić information content (AvgIpc) is 3.16. The molecule has 10 heteroatoms. The van der Waals surface area contributed by atoms with Crippen molar-refractivity contribution in [2.45, 2.75) is 26.5 Å². The van der Waals surface area contributed by atoms with Crippen LogP contribution in [0.3, 0.4) is 0 Å². The van der Waals surface area contributed by atoms with Crippen molar-refractivity contribution in [2.24, 2.45) is 0 Å². The van der Waals surface area contributed by atoms with Gasteiger partial charge in [0.1, 0.15) is 18.2 Å². The zero-order chi connectivity index (χ0) is 23.3. The fourth-order valence-electron chi connectivity index (χ4n) is 2.97. The van der Waals surface area contributed by atoms with E-state index in [2.05, 4.69) is 5.32 Å². The fourth-order valence-corrected chi connectivity index (χ4v) is 2.97. The van der Waals surface area contributed by atoms with E-state index in [4.69, 9.17) is 13.9 Å². The van der Waals surface area contributed by atoms with Gasteiger partial charge in [-0.3, -0.25) is 14.9 Å². The molecule has 3 aromatic rings. The minimum atomic E-state index is -1.05. The number of hydrogen-bond acceptors (Lipinski definition) is 8. The zero-order valence-corrected chi connectivity index (χ0v) is 17.3. The van der Waals surface area contributed by atoms with E-state index in [-0.39, 0.29) is 30.2 Å². The topological polar surface area (TPSA) is 138 Å². The van der Waals surface area contributed by atoms with Crippen LogP contribution in [0, 0.1) is 10.1 Å². The van der Waals surface area contributed by atoms with Gasteiger partial charge in [-0.25, -0.2) is 9.59 Å². The number of nitrogens with one attached hydrogen (secondary N) is 1. The number of ether oxygens (including phenoxy) is 2. The van der Waals surface area contributed by atoms with Gasteiger partial charge in [0, 0.05) is 23.1 Å². The van der Waals surface area contributed by atoms with Crippen LogP contribution in [-0.2, 0) is 20.9 Å². The van der Waals surface area contributed by atoms with E-state index < -0.39 is 28.8 Å². The van der Waals surface area contributed by atoms with E-state index >= 15 is 0 Å². The molecular weight excluding hydrogens is 420 g/mol. The molecule has 0 radical (unpaired) electrons. The number of nitrogens with zero attached hydrogens (tertiary/aromatic N) is 1. The zero-order valence-electron chi connectivity index (χ0n) is 17.3. The third-order valence-electron chi connectivity index (χ3n) is 4.54. The molecule has 1 atom stereocenters. The molecule has 0 bridgehead atoms. The minimum Gasteiger partial charge on any atom is -0.460 e. The molecule has 1 N–H and O–H groups in total. The van der Waals surface area contributed by atoms with Crippen LogP contribution in [0.1, 0.15) is 40.3 Å². The highest BCUT2D eigenvalue weighted by atomic mass is 16.6. The fraction of sp³-hybridized carbons (Fsp3) is 0.227. The van der Waals surface area contributed by atoms with Gasteiger partial charge in [0.15, 0.2) is 0 Å². The van der Waals surface area contributed by atoms with Gasteiger partial charge in [-0.15, -0.1) is 0 Å². The van der Waals surface area contributed by atoms with Crippen LogP contribution in [0.4, 0.5) is 5.69 Å². The van der Waals surface area contributed by atoms with Crippen LogP contribution >= 0.6 is 0 Å². The first-order valence-corrected chi connectivity index (χ1v) is 9.71. The van der Waals surface area contributed by atoms with E-state index in [9.17, 15) is 24.5 Å². The number of hydrogen-bond donors (Lipinski definition) is 1. The van der Waals surface area contributed by atoms with Crippen LogP contribution in [0.5, 0.6) is 0 Å². The number of benzene rings is 2. The Morgan fingerprint density at radius 3 is 2.59 bits per heavy atom. The van der Waals surface area contributed by atoms with Crippen molar-refractivity contribution in [3.8, 4) is 0 Å². The normalized spacial score (nSPS) is 11.6. The van der Waals surface area contributed by atoms with Crippen LogP contribution in [-0.4, -0.2) is 35.4 Å². The van der Waals surface area contributed by atoms with Gasteiger partial charge in [-0.2, -0.15) is 0 Å². The molecule has 0 unspecified atom stereocenters. The molecule has 0 aliphatic heterocycles. The number of non-ortho nitro benzene ring substituents is 1. The lowest BCUT2D eigenvalue weighted by Crippen LogP contribution is -2.39. The predicted molar refractivity (Wildman–Crippen MR) is 112 cm³/mol. The minimum absolute atomic E-state index is 0.0317. The highest BCUT2D eigenvalue weighted by Crippen LogP contribution is 2.27. The Hall–Kier alpha value is -4.21. The van der Waals surface area contributed by atoms with E-state index in [1.54, 1.807) is 31.2 Å². The number of amides is 1. The van der Waals surface area contributed by atoms with Crippen molar-refractivity contribution in [2.75, 3.05) is 6.61 Å². The average molecular weight is 440 g/mol. The van der Waals surface area contributed by atoms with Crippen molar-refractivity contribution in [3.63, 3.8) is 0 Å². The van der Waals surface area contributed by atoms with Crippen molar-refractivity contribution >= 4 is 34.5 Å². The second kappa shape index (κ2) is 9.73. The van der Waals surface area contributed by atoms with E-state index in [1.807, 2.05) is 0 Å². The first-order chi connectivity index (χ1) is 15.3. The summed E-state index contributed by atoms with van der Waals surface area (Å²) in [5.41, 5.74) is 0.578. The SMILES string of the molecule is CCOC(=O)c1oc2ccccc2c1COC(=O)[C@H](C)NC(=O)c1cccc([N+](=O)[O-])c1. The van der Waals surface area contributed by atoms with Crippen LogP contribution in [0.25, 0.3) is 11.0 Å². The monoisotopic (exact) mass is 440 g/mol. The number of carbonyl (C=O) groups excluding carboxylic acids is 3. The largest absolute Gasteiger partial charge is 0.460 e. The summed E-state index contributed by atoms with van der Waals surface area (Å²) >= 11 is 0. The lowest BCUT2D eigenvalue weighted by atomic mass is 10.1. The third-order valence-corrected chi connectivity index (χ3v) is 4.54. The number of esters is 2. The Labute approximate surface area is 182 Å². The van der Waals surface area contributed by atoms with Crippen LogP contribution in [0.15, 0.2) is 52.9 Å². The highest BCUT2D eigenvalue weighted by Gasteiger charge is 2.24. The van der Waals surface area contributed by atoms with Gasteiger partial charge < -0.3 is 19.2 Å². The molecule has 10 nitrogen and oxygen atoms in total. The lowest BCUT2D eigenvalue weighted by molar-refractivity contribution is -0.384. The molecular formula is C22H20N2O8. The Morgan fingerprint density at radius 2 is 1.88 bits per heavy atom. The number of rotatable bonds is 8. The molecule has 166 valence electrons. The van der Waals surface area contributed by atoms with Crippen molar-refractivity contribution in [1.82, 2.24) is 5.32 Å². The smallest absolute Gasteiger partial charge is 0.374 e. The maximum absolute atomic E-state index is 12.4. The Bertz CT molecular complexity index is 1180. The maximum Gasteiger partial charge on any atom is 0.374 e. The van der Waals surface area contributed by atoms with Gasteiger partial charge in [-0.1, -0.05) is 24.3 Å². The van der Waals surface area contributed by atoms with Gasteiger partial charge in [0.25, 0.3) is 11.6 Å². The molecule has 1 heterocycles. The Morgan fingerprint density at radius 1 is 1.12 bits per heavy atom. The summed E-state index contributed by atoms with van der Waals surface area (Å²) in [6, 6.07) is 11.0. The molecule has 0 spiro atoms. The van der Waals surface area contributed by atoms with Gasteiger partial charge >= 0.3 is 11.9 Å². The number of carbonyl (C=O) groups is 3. The summed E-state index contributed by atoms with van der Waals surface area (Å²) in [6.45, 7) is 2.94. The molecule has 2 aromatic carbocycles. The van der Waals surface area contributed by atoms with Gasteiger partial charge in [0.05, 0.1) is 17.1 Å². The second-order valence-electron chi connectivity index (χ2n) is 6.74. The Kier molecular flexibility index (Phi) is 6.83. The number of furan rings is 1. The molecule has 0 saturated heterocycles. The van der Waals surface area contributed by atoms with E-state index in [1.165, 1.54) is 25.1 Å². The summed E-state index contributed by atoms with van der Waals surface area (Å²) in [7, 11) is 0.